The number of carboxylic acids is 1. The number of likely N-dealkylation sites (tertiary alicyclic amines) is 1. The van der Waals surface area contributed by atoms with Crippen molar-refractivity contribution >= 4 is 5.97 Å². The molecule has 104 valence electrons. The minimum absolute atomic E-state index is 0.198. The smallest absolute Gasteiger partial charge is 0.317 e. The van der Waals surface area contributed by atoms with E-state index in [1.807, 2.05) is 0 Å². The van der Waals surface area contributed by atoms with Crippen molar-refractivity contribution in [3.8, 4) is 0 Å². The minimum Gasteiger partial charge on any atom is -0.480 e. The van der Waals surface area contributed by atoms with Crippen molar-refractivity contribution in [1.29, 1.82) is 0 Å². The number of hydrogen-bond acceptors (Lipinski definition) is 3. The van der Waals surface area contributed by atoms with Crippen LogP contribution in [0.5, 0.6) is 0 Å². The lowest BCUT2D eigenvalue weighted by atomic mass is 9.84. The normalized spacial score (nSPS) is 23.2. The molecule has 1 N–H and O–H groups in total. The summed E-state index contributed by atoms with van der Waals surface area (Å²) in [5, 5.41) is 8.90. The van der Waals surface area contributed by atoms with E-state index in [0.717, 1.165) is 38.4 Å². The lowest BCUT2D eigenvalue weighted by Crippen LogP contribution is -2.47. The minimum atomic E-state index is -0.700. The Hall–Kier alpha value is -0.610. The molecule has 1 aliphatic heterocycles. The van der Waals surface area contributed by atoms with E-state index in [9.17, 15) is 4.79 Å². The fourth-order valence-electron chi connectivity index (χ4n) is 3.18. The van der Waals surface area contributed by atoms with Gasteiger partial charge in [-0.2, -0.15) is 0 Å². The first-order valence-electron chi connectivity index (χ1n) is 7.37. The number of carbonyl (C=O) groups is 1. The largest absolute Gasteiger partial charge is 0.480 e. The Labute approximate surface area is 110 Å². The average molecular weight is 254 g/mol. The molecule has 2 aliphatic rings. The van der Waals surface area contributed by atoms with Gasteiger partial charge < -0.3 is 10.0 Å². The summed E-state index contributed by atoms with van der Waals surface area (Å²) >= 11 is 0. The summed E-state index contributed by atoms with van der Waals surface area (Å²) < 4.78 is 0. The Morgan fingerprint density at radius 3 is 2.39 bits per heavy atom. The van der Waals surface area contributed by atoms with Gasteiger partial charge in [-0.15, -0.1) is 0 Å². The summed E-state index contributed by atoms with van der Waals surface area (Å²) in [4.78, 5) is 15.5. The van der Waals surface area contributed by atoms with Crippen molar-refractivity contribution in [3.63, 3.8) is 0 Å². The summed E-state index contributed by atoms with van der Waals surface area (Å²) in [5.41, 5.74) is 0. The molecule has 1 aliphatic carbocycles. The van der Waals surface area contributed by atoms with Crippen LogP contribution in [0, 0.1) is 5.92 Å². The molecule has 0 amide bonds. The van der Waals surface area contributed by atoms with Gasteiger partial charge in [0.1, 0.15) is 0 Å². The van der Waals surface area contributed by atoms with Crippen molar-refractivity contribution in [2.75, 3.05) is 32.7 Å². The molecule has 18 heavy (non-hydrogen) atoms. The van der Waals surface area contributed by atoms with E-state index in [1.165, 1.54) is 25.8 Å². The first-order chi connectivity index (χ1) is 8.69. The summed E-state index contributed by atoms with van der Waals surface area (Å²) in [7, 11) is 0. The predicted octanol–water partition coefficient (Wildman–Crippen LogP) is 1.66. The van der Waals surface area contributed by atoms with E-state index in [2.05, 4.69) is 16.7 Å². The van der Waals surface area contributed by atoms with Gasteiger partial charge in [0, 0.05) is 12.6 Å². The van der Waals surface area contributed by atoms with Gasteiger partial charge in [0.15, 0.2) is 0 Å². The molecule has 1 saturated heterocycles. The van der Waals surface area contributed by atoms with Crippen LogP contribution in [0.25, 0.3) is 0 Å². The number of aliphatic carboxylic acids is 1. The van der Waals surface area contributed by atoms with Crippen LogP contribution in [-0.4, -0.2) is 59.6 Å². The molecule has 0 bridgehead atoms. The molecule has 0 aromatic carbocycles. The molecular weight excluding hydrogens is 228 g/mol. The molecular formula is C14H26N2O2. The van der Waals surface area contributed by atoms with E-state index in [4.69, 9.17) is 5.11 Å². The Balaban J connectivity index is 1.72. The second kappa shape index (κ2) is 6.53. The standard InChI is InChI=1S/C14H26N2O2/c1-2-16(11-14(17)18)13-6-8-15(9-7-13)10-12-4-3-5-12/h12-13H,2-11H2,1H3,(H,17,18). The third kappa shape index (κ3) is 3.69. The van der Waals surface area contributed by atoms with E-state index >= 15 is 0 Å². The van der Waals surface area contributed by atoms with Crippen molar-refractivity contribution in [2.45, 2.75) is 45.1 Å². The predicted molar refractivity (Wildman–Crippen MR) is 71.7 cm³/mol. The van der Waals surface area contributed by atoms with E-state index < -0.39 is 5.97 Å². The molecule has 0 atom stereocenters. The van der Waals surface area contributed by atoms with Crippen molar-refractivity contribution in [2.24, 2.45) is 5.92 Å². The second-order valence-corrected chi connectivity index (χ2v) is 5.79. The average Bonchev–Trinajstić information content (AvgIpc) is 2.31. The zero-order valence-corrected chi connectivity index (χ0v) is 11.5. The first kappa shape index (κ1) is 13.8. The quantitative estimate of drug-likeness (QED) is 0.783. The lowest BCUT2D eigenvalue weighted by molar-refractivity contribution is -0.139. The molecule has 4 nitrogen and oxygen atoms in total. The summed E-state index contributed by atoms with van der Waals surface area (Å²) in [6, 6.07) is 0.476. The third-order valence-electron chi connectivity index (χ3n) is 4.56. The van der Waals surface area contributed by atoms with Gasteiger partial charge in [-0.05, 0) is 51.2 Å². The number of hydrogen-bond donors (Lipinski definition) is 1. The van der Waals surface area contributed by atoms with Gasteiger partial charge in [-0.1, -0.05) is 13.3 Å². The molecule has 0 aromatic heterocycles. The van der Waals surface area contributed by atoms with Crippen LogP contribution in [0.4, 0.5) is 0 Å². The topological polar surface area (TPSA) is 43.8 Å². The van der Waals surface area contributed by atoms with Crippen molar-refractivity contribution in [1.82, 2.24) is 9.80 Å². The number of nitrogens with zero attached hydrogens (tertiary/aromatic N) is 2. The fraction of sp³-hybridized carbons (Fsp3) is 0.929. The molecule has 0 aromatic rings. The summed E-state index contributed by atoms with van der Waals surface area (Å²) in [6.07, 6.45) is 6.52. The maximum Gasteiger partial charge on any atom is 0.317 e. The van der Waals surface area contributed by atoms with Crippen LogP contribution in [-0.2, 0) is 4.79 Å². The Morgan fingerprint density at radius 2 is 1.94 bits per heavy atom. The molecule has 1 heterocycles. The number of rotatable bonds is 6. The fourth-order valence-corrected chi connectivity index (χ4v) is 3.18. The van der Waals surface area contributed by atoms with Crippen LogP contribution in [0.2, 0.25) is 0 Å². The van der Waals surface area contributed by atoms with Gasteiger partial charge in [-0.25, -0.2) is 0 Å². The second-order valence-electron chi connectivity index (χ2n) is 5.79. The van der Waals surface area contributed by atoms with Crippen molar-refractivity contribution in [3.05, 3.63) is 0 Å². The van der Waals surface area contributed by atoms with Crippen LogP contribution in [0.3, 0.4) is 0 Å². The van der Waals surface area contributed by atoms with Gasteiger partial charge in [0.25, 0.3) is 0 Å². The Morgan fingerprint density at radius 1 is 1.28 bits per heavy atom. The molecule has 0 unspecified atom stereocenters. The van der Waals surface area contributed by atoms with Gasteiger partial charge >= 0.3 is 5.97 Å². The van der Waals surface area contributed by atoms with Crippen LogP contribution >= 0.6 is 0 Å². The van der Waals surface area contributed by atoms with Crippen LogP contribution in [0.1, 0.15) is 39.0 Å². The van der Waals surface area contributed by atoms with E-state index in [-0.39, 0.29) is 6.54 Å². The molecule has 2 fully saturated rings. The van der Waals surface area contributed by atoms with Crippen LogP contribution in [0.15, 0.2) is 0 Å². The van der Waals surface area contributed by atoms with Gasteiger partial charge in [0.2, 0.25) is 0 Å². The maximum absolute atomic E-state index is 10.8. The Bertz CT molecular complexity index is 271. The number of carboxylic acid groups (broad SMARTS) is 1. The van der Waals surface area contributed by atoms with Gasteiger partial charge in [-0.3, -0.25) is 9.69 Å². The summed E-state index contributed by atoms with van der Waals surface area (Å²) in [6.45, 7) is 6.68. The number of likely N-dealkylation sites (N-methyl/N-ethyl adjacent to an activating group) is 1. The van der Waals surface area contributed by atoms with E-state index in [0.29, 0.717) is 6.04 Å². The highest BCUT2D eigenvalue weighted by Crippen LogP contribution is 2.28. The lowest BCUT2D eigenvalue weighted by Gasteiger charge is -2.40. The zero-order valence-electron chi connectivity index (χ0n) is 11.5. The number of piperidine rings is 1. The highest BCUT2D eigenvalue weighted by Gasteiger charge is 2.27. The summed E-state index contributed by atoms with van der Waals surface area (Å²) in [5.74, 6) is 0.247. The Kier molecular flexibility index (Phi) is 5.01. The highest BCUT2D eigenvalue weighted by atomic mass is 16.4. The van der Waals surface area contributed by atoms with Crippen molar-refractivity contribution < 1.29 is 9.90 Å². The molecule has 2 rings (SSSR count). The molecule has 1 saturated carbocycles. The maximum atomic E-state index is 10.8. The third-order valence-corrected chi connectivity index (χ3v) is 4.56. The first-order valence-corrected chi connectivity index (χ1v) is 7.37. The molecule has 0 radical (unpaired) electrons. The monoisotopic (exact) mass is 254 g/mol. The van der Waals surface area contributed by atoms with Gasteiger partial charge in [0.05, 0.1) is 6.54 Å². The SMILES string of the molecule is CCN(CC(=O)O)C1CCN(CC2CCC2)CC1. The highest BCUT2D eigenvalue weighted by molar-refractivity contribution is 5.69. The van der Waals surface area contributed by atoms with Crippen LogP contribution < -0.4 is 0 Å². The molecule has 4 heteroatoms. The molecule has 0 spiro atoms. The van der Waals surface area contributed by atoms with E-state index in [1.54, 1.807) is 0 Å². The zero-order chi connectivity index (χ0) is 13.0.